The van der Waals surface area contributed by atoms with E-state index < -0.39 is 0 Å². The predicted octanol–water partition coefficient (Wildman–Crippen LogP) is 2.19. The third kappa shape index (κ3) is 2.00. The van der Waals surface area contributed by atoms with E-state index in [1.807, 2.05) is 19.1 Å². The first-order chi connectivity index (χ1) is 7.67. The van der Waals surface area contributed by atoms with E-state index in [-0.39, 0.29) is 6.10 Å². The minimum absolute atomic E-state index is 0.224. The first kappa shape index (κ1) is 11.3. The lowest BCUT2D eigenvalue weighted by Crippen LogP contribution is -2.03. The van der Waals surface area contributed by atoms with Crippen molar-refractivity contribution in [1.82, 2.24) is 0 Å². The molecule has 88 valence electrons. The molecule has 3 nitrogen and oxygen atoms in total. The van der Waals surface area contributed by atoms with Crippen LogP contribution in [0, 0.1) is 5.92 Å². The lowest BCUT2D eigenvalue weighted by atomic mass is 10.1. The van der Waals surface area contributed by atoms with Crippen LogP contribution in [-0.2, 0) is 0 Å². The molecular formula is C13H18O3. The van der Waals surface area contributed by atoms with Crippen LogP contribution >= 0.6 is 0 Å². The minimum atomic E-state index is -0.224. The van der Waals surface area contributed by atoms with Crippen molar-refractivity contribution in [2.75, 3.05) is 14.2 Å². The Kier molecular flexibility index (Phi) is 3.06. The maximum atomic E-state index is 9.50. The fraction of sp³-hybridized carbons (Fsp3) is 0.538. The van der Waals surface area contributed by atoms with Gasteiger partial charge in [-0.1, -0.05) is 6.07 Å². The first-order valence-electron chi connectivity index (χ1n) is 5.57. The molecule has 1 N–H and O–H groups in total. The van der Waals surface area contributed by atoms with Gasteiger partial charge in [0.2, 0.25) is 0 Å². The van der Waals surface area contributed by atoms with Crippen molar-refractivity contribution >= 4 is 0 Å². The third-order valence-electron chi connectivity index (χ3n) is 3.30. The fourth-order valence-corrected chi connectivity index (χ4v) is 2.21. The summed E-state index contributed by atoms with van der Waals surface area (Å²) in [4.78, 5) is 0. The zero-order valence-electron chi connectivity index (χ0n) is 9.93. The Morgan fingerprint density at radius 1 is 1.25 bits per heavy atom. The molecule has 1 aliphatic carbocycles. The lowest BCUT2D eigenvalue weighted by molar-refractivity contribution is 0.169. The van der Waals surface area contributed by atoms with Gasteiger partial charge in [-0.15, -0.1) is 0 Å². The molecule has 0 unspecified atom stereocenters. The Morgan fingerprint density at radius 2 is 1.94 bits per heavy atom. The average molecular weight is 222 g/mol. The SMILES string of the molecule is COc1ccc([C@H]2C[C@H]2[C@@H](C)O)cc1OC. The summed E-state index contributed by atoms with van der Waals surface area (Å²) in [5.74, 6) is 2.38. The van der Waals surface area contributed by atoms with Crippen LogP contribution in [0.4, 0.5) is 0 Å². The van der Waals surface area contributed by atoms with Gasteiger partial charge in [0.1, 0.15) is 0 Å². The van der Waals surface area contributed by atoms with Crippen molar-refractivity contribution in [3.63, 3.8) is 0 Å². The Morgan fingerprint density at radius 3 is 2.44 bits per heavy atom. The quantitative estimate of drug-likeness (QED) is 0.848. The van der Waals surface area contributed by atoms with Gasteiger partial charge in [-0.3, -0.25) is 0 Å². The molecule has 0 bridgehead atoms. The van der Waals surface area contributed by atoms with Gasteiger partial charge in [-0.25, -0.2) is 0 Å². The Labute approximate surface area is 96.0 Å². The van der Waals surface area contributed by atoms with E-state index in [9.17, 15) is 5.11 Å². The molecule has 0 radical (unpaired) electrons. The van der Waals surface area contributed by atoms with Gasteiger partial charge < -0.3 is 14.6 Å². The summed E-state index contributed by atoms with van der Waals surface area (Å²) in [5, 5.41) is 9.50. The monoisotopic (exact) mass is 222 g/mol. The van der Waals surface area contributed by atoms with Crippen LogP contribution in [0.1, 0.15) is 24.8 Å². The Bertz CT molecular complexity index is 373. The van der Waals surface area contributed by atoms with Gasteiger partial charge in [0.25, 0.3) is 0 Å². The second-order valence-corrected chi connectivity index (χ2v) is 4.36. The second kappa shape index (κ2) is 4.34. The lowest BCUT2D eigenvalue weighted by Gasteiger charge is -2.09. The van der Waals surface area contributed by atoms with Gasteiger partial charge in [-0.2, -0.15) is 0 Å². The molecule has 1 aromatic carbocycles. The Hall–Kier alpha value is -1.22. The molecule has 1 aliphatic rings. The molecule has 1 aromatic rings. The van der Waals surface area contributed by atoms with Gasteiger partial charge in [0.05, 0.1) is 20.3 Å². The number of hydrogen-bond donors (Lipinski definition) is 1. The summed E-state index contributed by atoms with van der Waals surface area (Å²) < 4.78 is 10.5. The molecule has 1 fully saturated rings. The largest absolute Gasteiger partial charge is 0.493 e. The van der Waals surface area contributed by atoms with Crippen LogP contribution < -0.4 is 9.47 Å². The summed E-state index contributed by atoms with van der Waals surface area (Å²) in [6, 6.07) is 5.98. The molecular weight excluding hydrogens is 204 g/mol. The summed E-state index contributed by atoms with van der Waals surface area (Å²) >= 11 is 0. The van der Waals surface area contributed by atoms with Crippen LogP contribution in [0.25, 0.3) is 0 Å². The smallest absolute Gasteiger partial charge is 0.160 e. The van der Waals surface area contributed by atoms with E-state index in [1.165, 1.54) is 5.56 Å². The molecule has 0 heterocycles. The number of aliphatic hydroxyl groups excluding tert-OH is 1. The summed E-state index contributed by atoms with van der Waals surface area (Å²) in [6.45, 7) is 1.85. The molecule has 0 aliphatic heterocycles. The van der Waals surface area contributed by atoms with Crippen molar-refractivity contribution in [2.45, 2.75) is 25.4 Å². The van der Waals surface area contributed by atoms with Gasteiger partial charge in [-0.05, 0) is 42.9 Å². The first-order valence-corrected chi connectivity index (χ1v) is 5.57. The highest BCUT2D eigenvalue weighted by Gasteiger charge is 2.41. The predicted molar refractivity (Wildman–Crippen MR) is 62.1 cm³/mol. The molecule has 3 heteroatoms. The van der Waals surface area contributed by atoms with Gasteiger partial charge in [0, 0.05) is 0 Å². The van der Waals surface area contributed by atoms with E-state index in [1.54, 1.807) is 14.2 Å². The topological polar surface area (TPSA) is 38.7 Å². The number of ether oxygens (including phenoxy) is 2. The molecule has 3 atom stereocenters. The zero-order valence-corrected chi connectivity index (χ0v) is 9.93. The van der Waals surface area contributed by atoms with Crippen LogP contribution in [0.3, 0.4) is 0 Å². The third-order valence-corrected chi connectivity index (χ3v) is 3.30. The van der Waals surface area contributed by atoms with Crippen molar-refractivity contribution in [2.24, 2.45) is 5.92 Å². The van der Waals surface area contributed by atoms with Crippen molar-refractivity contribution < 1.29 is 14.6 Å². The average Bonchev–Trinajstić information content (AvgIpc) is 3.08. The fourth-order valence-electron chi connectivity index (χ4n) is 2.21. The highest BCUT2D eigenvalue weighted by atomic mass is 16.5. The number of benzene rings is 1. The molecule has 0 spiro atoms. The number of hydrogen-bond acceptors (Lipinski definition) is 3. The number of rotatable bonds is 4. The molecule has 0 aromatic heterocycles. The van der Waals surface area contributed by atoms with Crippen molar-refractivity contribution in [3.8, 4) is 11.5 Å². The Balaban J connectivity index is 2.18. The van der Waals surface area contributed by atoms with E-state index in [2.05, 4.69) is 6.07 Å². The highest BCUT2D eigenvalue weighted by molar-refractivity contribution is 5.45. The molecule has 1 saturated carbocycles. The number of methoxy groups -OCH3 is 2. The van der Waals surface area contributed by atoms with Gasteiger partial charge >= 0.3 is 0 Å². The standard InChI is InChI=1S/C13H18O3/c1-8(14)10-7-11(10)9-4-5-12(15-2)13(6-9)16-3/h4-6,8,10-11,14H,7H2,1-3H3/t8-,10+,11-/m1/s1. The molecule has 0 saturated heterocycles. The van der Waals surface area contributed by atoms with Crippen molar-refractivity contribution in [1.29, 1.82) is 0 Å². The normalized spacial score (nSPS) is 25.0. The summed E-state index contributed by atoms with van der Waals surface area (Å²) in [7, 11) is 3.27. The second-order valence-electron chi connectivity index (χ2n) is 4.36. The minimum Gasteiger partial charge on any atom is -0.493 e. The van der Waals surface area contributed by atoms with E-state index in [0.29, 0.717) is 11.8 Å². The molecule has 16 heavy (non-hydrogen) atoms. The highest BCUT2D eigenvalue weighted by Crippen LogP contribution is 2.50. The van der Waals surface area contributed by atoms with E-state index in [4.69, 9.17) is 9.47 Å². The summed E-state index contributed by atoms with van der Waals surface area (Å²) in [6.07, 6.45) is 0.839. The molecule has 0 amide bonds. The van der Waals surface area contributed by atoms with E-state index in [0.717, 1.165) is 17.9 Å². The number of aliphatic hydroxyl groups is 1. The maximum absolute atomic E-state index is 9.50. The van der Waals surface area contributed by atoms with Crippen LogP contribution in [0.5, 0.6) is 11.5 Å². The summed E-state index contributed by atoms with van der Waals surface area (Å²) in [5.41, 5.74) is 1.23. The van der Waals surface area contributed by atoms with E-state index >= 15 is 0 Å². The van der Waals surface area contributed by atoms with Crippen LogP contribution in [-0.4, -0.2) is 25.4 Å². The van der Waals surface area contributed by atoms with Crippen LogP contribution in [0.2, 0.25) is 0 Å². The molecule has 2 rings (SSSR count). The zero-order chi connectivity index (χ0) is 11.7. The van der Waals surface area contributed by atoms with Crippen LogP contribution in [0.15, 0.2) is 18.2 Å². The van der Waals surface area contributed by atoms with Gasteiger partial charge in [0.15, 0.2) is 11.5 Å². The maximum Gasteiger partial charge on any atom is 0.160 e. The van der Waals surface area contributed by atoms with Crippen molar-refractivity contribution in [3.05, 3.63) is 23.8 Å².